The van der Waals surface area contributed by atoms with Gasteiger partial charge < -0.3 is 5.73 Å². The average Bonchev–Trinajstić information content (AvgIpc) is 2.55. The minimum atomic E-state index is -0.0612. The number of rotatable bonds is 1. The monoisotopic (exact) mass is 161 g/mol. The SMILES string of the molecule is CC1(C)C[C@]1(N)c1ccccc1. The average molecular weight is 161 g/mol. The van der Waals surface area contributed by atoms with Crippen molar-refractivity contribution >= 4 is 0 Å². The summed E-state index contributed by atoms with van der Waals surface area (Å²) in [5.41, 5.74) is 7.74. The lowest BCUT2D eigenvalue weighted by Gasteiger charge is -2.14. The minimum Gasteiger partial charge on any atom is -0.321 e. The third-order valence-electron chi connectivity index (χ3n) is 3.09. The van der Waals surface area contributed by atoms with Crippen LogP contribution >= 0.6 is 0 Å². The molecule has 1 aliphatic rings. The third kappa shape index (κ3) is 0.896. The smallest absolute Gasteiger partial charge is 0.0468 e. The van der Waals surface area contributed by atoms with Crippen LogP contribution < -0.4 is 5.73 Å². The van der Waals surface area contributed by atoms with Gasteiger partial charge in [0.25, 0.3) is 0 Å². The molecule has 0 heterocycles. The second-order valence-electron chi connectivity index (χ2n) is 4.40. The third-order valence-corrected chi connectivity index (χ3v) is 3.09. The Kier molecular flexibility index (Phi) is 1.37. The van der Waals surface area contributed by atoms with Crippen LogP contribution in [0.15, 0.2) is 30.3 Å². The van der Waals surface area contributed by atoms with Crippen LogP contribution in [0.2, 0.25) is 0 Å². The Morgan fingerprint density at radius 1 is 1.17 bits per heavy atom. The first-order valence-electron chi connectivity index (χ1n) is 4.41. The maximum absolute atomic E-state index is 6.25. The summed E-state index contributed by atoms with van der Waals surface area (Å²) in [5.74, 6) is 0. The standard InChI is InChI=1S/C11H15N/c1-10(2)8-11(10,12)9-6-4-3-5-7-9/h3-7H,8,12H2,1-2H3/t11-/m0/s1. The van der Waals surface area contributed by atoms with Crippen LogP contribution in [0, 0.1) is 5.41 Å². The van der Waals surface area contributed by atoms with Crippen molar-refractivity contribution in [3.05, 3.63) is 35.9 Å². The van der Waals surface area contributed by atoms with E-state index in [-0.39, 0.29) is 11.0 Å². The first kappa shape index (κ1) is 7.81. The normalized spacial score (nSPS) is 31.6. The topological polar surface area (TPSA) is 26.0 Å². The van der Waals surface area contributed by atoms with Crippen LogP contribution in [0.4, 0.5) is 0 Å². The molecule has 0 aliphatic heterocycles. The Hall–Kier alpha value is -0.820. The van der Waals surface area contributed by atoms with Gasteiger partial charge in [-0.15, -0.1) is 0 Å². The molecule has 0 spiro atoms. The molecule has 1 atom stereocenters. The second-order valence-corrected chi connectivity index (χ2v) is 4.40. The maximum atomic E-state index is 6.25. The largest absolute Gasteiger partial charge is 0.321 e. The molecule has 1 aromatic carbocycles. The zero-order valence-electron chi connectivity index (χ0n) is 7.67. The fourth-order valence-corrected chi connectivity index (χ4v) is 1.88. The van der Waals surface area contributed by atoms with Crippen LogP contribution in [-0.2, 0) is 5.54 Å². The van der Waals surface area contributed by atoms with Crippen molar-refractivity contribution in [3.8, 4) is 0 Å². The molecule has 2 N–H and O–H groups in total. The predicted octanol–water partition coefficient (Wildman–Crippen LogP) is 2.27. The summed E-state index contributed by atoms with van der Waals surface area (Å²) in [6.07, 6.45) is 1.10. The number of nitrogens with two attached hydrogens (primary N) is 1. The highest BCUT2D eigenvalue weighted by Gasteiger charge is 2.59. The Morgan fingerprint density at radius 3 is 2.08 bits per heavy atom. The van der Waals surface area contributed by atoms with Crippen LogP contribution in [-0.4, -0.2) is 0 Å². The molecule has 0 unspecified atom stereocenters. The molecule has 1 aliphatic carbocycles. The Balaban J connectivity index is 2.35. The molecule has 1 fully saturated rings. The molecule has 1 heteroatoms. The first-order valence-corrected chi connectivity index (χ1v) is 4.41. The molecule has 0 saturated heterocycles. The van der Waals surface area contributed by atoms with Crippen molar-refractivity contribution in [2.45, 2.75) is 25.8 Å². The van der Waals surface area contributed by atoms with Gasteiger partial charge in [0.15, 0.2) is 0 Å². The van der Waals surface area contributed by atoms with E-state index in [0.29, 0.717) is 0 Å². The molecule has 0 radical (unpaired) electrons. The van der Waals surface area contributed by atoms with Crippen molar-refractivity contribution in [1.29, 1.82) is 0 Å². The highest BCUT2D eigenvalue weighted by atomic mass is 14.9. The molecule has 1 aromatic rings. The van der Waals surface area contributed by atoms with Crippen molar-refractivity contribution in [2.75, 3.05) is 0 Å². The Labute approximate surface area is 73.6 Å². The molecule has 0 bridgehead atoms. The van der Waals surface area contributed by atoms with E-state index in [0.717, 1.165) is 6.42 Å². The van der Waals surface area contributed by atoms with Gasteiger partial charge in [0, 0.05) is 5.54 Å². The number of hydrogen-bond acceptors (Lipinski definition) is 1. The van der Waals surface area contributed by atoms with E-state index in [9.17, 15) is 0 Å². The summed E-state index contributed by atoms with van der Waals surface area (Å²) in [5, 5.41) is 0. The summed E-state index contributed by atoms with van der Waals surface area (Å²) in [6, 6.07) is 10.4. The van der Waals surface area contributed by atoms with Crippen LogP contribution in [0.3, 0.4) is 0 Å². The highest BCUT2D eigenvalue weighted by Crippen LogP contribution is 2.60. The van der Waals surface area contributed by atoms with E-state index >= 15 is 0 Å². The predicted molar refractivity (Wildman–Crippen MR) is 50.7 cm³/mol. The van der Waals surface area contributed by atoms with Gasteiger partial charge in [-0.05, 0) is 17.4 Å². The highest BCUT2D eigenvalue weighted by molar-refractivity contribution is 5.34. The summed E-state index contributed by atoms with van der Waals surface area (Å²) >= 11 is 0. The van der Waals surface area contributed by atoms with E-state index in [1.807, 2.05) is 6.07 Å². The van der Waals surface area contributed by atoms with E-state index in [1.54, 1.807) is 0 Å². The first-order chi connectivity index (χ1) is 5.56. The molecule has 64 valence electrons. The minimum absolute atomic E-state index is 0.0612. The summed E-state index contributed by atoms with van der Waals surface area (Å²) in [4.78, 5) is 0. The summed E-state index contributed by atoms with van der Waals surface area (Å²) < 4.78 is 0. The fourth-order valence-electron chi connectivity index (χ4n) is 1.88. The van der Waals surface area contributed by atoms with Crippen molar-refractivity contribution in [1.82, 2.24) is 0 Å². The zero-order valence-corrected chi connectivity index (χ0v) is 7.67. The van der Waals surface area contributed by atoms with Gasteiger partial charge in [-0.3, -0.25) is 0 Å². The molecule has 2 rings (SSSR count). The maximum Gasteiger partial charge on any atom is 0.0468 e. The molecular weight excluding hydrogens is 146 g/mol. The van der Waals surface area contributed by atoms with Crippen molar-refractivity contribution in [2.24, 2.45) is 11.1 Å². The van der Waals surface area contributed by atoms with Gasteiger partial charge in [0.2, 0.25) is 0 Å². The lowest BCUT2D eigenvalue weighted by Crippen LogP contribution is -2.25. The lowest BCUT2D eigenvalue weighted by atomic mass is 9.97. The second kappa shape index (κ2) is 2.11. The van der Waals surface area contributed by atoms with Gasteiger partial charge >= 0.3 is 0 Å². The zero-order chi connectivity index (χ0) is 8.82. The van der Waals surface area contributed by atoms with Gasteiger partial charge in [-0.25, -0.2) is 0 Å². The van der Waals surface area contributed by atoms with Crippen molar-refractivity contribution < 1.29 is 0 Å². The summed E-state index contributed by atoms with van der Waals surface area (Å²) in [6.45, 7) is 4.44. The quantitative estimate of drug-likeness (QED) is 0.671. The molecular formula is C11H15N. The molecule has 0 amide bonds. The van der Waals surface area contributed by atoms with Crippen LogP contribution in [0.5, 0.6) is 0 Å². The van der Waals surface area contributed by atoms with Gasteiger partial charge in [-0.1, -0.05) is 44.2 Å². The van der Waals surface area contributed by atoms with Crippen LogP contribution in [0.25, 0.3) is 0 Å². The number of benzene rings is 1. The fraction of sp³-hybridized carbons (Fsp3) is 0.455. The van der Waals surface area contributed by atoms with Gasteiger partial charge in [-0.2, -0.15) is 0 Å². The van der Waals surface area contributed by atoms with E-state index in [2.05, 4.69) is 38.1 Å². The van der Waals surface area contributed by atoms with E-state index in [4.69, 9.17) is 5.73 Å². The van der Waals surface area contributed by atoms with E-state index < -0.39 is 0 Å². The molecule has 1 saturated carbocycles. The molecule has 12 heavy (non-hydrogen) atoms. The lowest BCUT2D eigenvalue weighted by molar-refractivity contribution is 0.510. The van der Waals surface area contributed by atoms with Crippen molar-refractivity contribution in [3.63, 3.8) is 0 Å². The summed E-state index contributed by atoms with van der Waals surface area (Å²) in [7, 11) is 0. The van der Waals surface area contributed by atoms with Crippen LogP contribution in [0.1, 0.15) is 25.8 Å². The molecule has 0 aromatic heterocycles. The Bertz CT molecular complexity index is 289. The van der Waals surface area contributed by atoms with Gasteiger partial charge in [0.05, 0.1) is 0 Å². The number of hydrogen-bond donors (Lipinski definition) is 1. The molecule has 1 nitrogen and oxygen atoms in total. The van der Waals surface area contributed by atoms with E-state index in [1.165, 1.54) is 5.56 Å². The van der Waals surface area contributed by atoms with Gasteiger partial charge in [0.1, 0.15) is 0 Å². The Morgan fingerprint density at radius 2 is 1.67 bits per heavy atom.